The summed E-state index contributed by atoms with van der Waals surface area (Å²) < 4.78 is 10.7. The molecule has 0 bridgehead atoms. The van der Waals surface area contributed by atoms with Crippen LogP contribution in [0.2, 0.25) is 5.02 Å². The Bertz CT molecular complexity index is 724. The van der Waals surface area contributed by atoms with Crippen LogP contribution in [0.4, 0.5) is 0 Å². The van der Waals surface area contributed by atoms with Gasteiger partial charge in [-0.05, 0) is 54.8 Å². The van der Waals surface area contributed by atoms with Crippen molar-refractivity contribution in [2.45, 2.75) is 13.8 Å². The molecule has 0 atom stereocenters. The van der Waals surface area contributed by atoms with Gasteiger partial charge in [0.1, 0.15) is 0 Å². The topological polar surface area (TPSA) is 18.5 Å². The Hall–Kier alpha value is -2.19. The molecule has 2 rings (SSSR count). The minimum Gasteiger partial charge on any atom is -0.493 e. The SMILES string of the molecule is COc1ccc(C(C=Cc2ccc(Cl)cc2)=C(C)C)cc1OC. The minimum atomic E-state index is 0.726. The van der Waals surface area contributed by atoms with E-state index >= 15 is 0 Å². The third kappa shape index (κ3) is 4.40. The molecule has 2 nitrogen and oxygen atoms in total. The van der Waals surface area contributed by atoms with Crippen molar-refractivity contribution in [1.82, 2.24) is 0 Å². The fourth-order valence-corrected chi connectivity index (χ4v) is 2.43. The van der Waals surface area contributed by atoms with Crippen molar-refractivity contribution in [1.29, 1.82) is 0 Å². The predicted molar refractivity (Wildman–Crippen MR) is 98.3 cm³/mol. The van der Waals surface area contributed by atoms with Crippen LogP contribution in [-0.4, -0.2) is 14.2 Å². The van der Waals surface area contributed by atoms with Gasteiger partial charge in [0, 0.05) is 5.02 Å². The van der Waals surface area contributed by atoms with E-state index in [0.717, 1.165) is 33.2 Å². The Morgan fingerprint density at radius 2 is 1.57 bits per heavy atom. The van der Waals surface area contributed by atoms with Gasteiger partial charge in [-0.15, -0.1) is 0 Å². The number of methoxy groups -OCH3 is 2. The van der Waals surface area contributed by atoms with Gasteiger partial charge < -0.3 is 9.47 Å². The molecule has 0 radical (unpaired) electrons. The van der Waals surface area contributed by atoms with Crippen LogP contribution in [0.3, 0.4) is 0 Å². The maximum atomic E-state index is 5.92. The molecule has 0 amide bonds. The number of halogens is 1. The van der Waals surface area contributed by atoms with Crippen molar-refractivity contribution in [3.8, 4) is 11.5 Å². The monoisotopic (exact) mass is 328 g/mol. The lowest BCUT2D eigenvalue weighted by atomic mass is 9.99. The second-order valence-electron chi connectivity index (χ2n) is 5.37. The van der Waals surface area contributed by atoms with Gasteiger partial charge in [-0.2, -0.15) is 0 Å². The maximum absolute atomic E-state index is 5.92. The Morgan fingerprint density at radius 3 is 2.13 bits per heavy atom. The summed E-state index contributed by atoms with van der Waals surface area (Å²) in [5.41, 5.74) is 4.57. The molecule has 0 aliphatic heterocycles. The fourth-order valence-electron chi connectivity index (χ4n) is 2.31. The van der Waals surface area contributed by atoms with Crippen molar-refractivity contribution < 1.29 is 9.47 Å². The molecule has 0 fully saturated rings. The van der Waals surface area contributed by atoms with E-state index in [-0.39, 0.29) is 0 Å². The first kappa shape index (κ1) is 17.2. The van der Waals surface area contributed by atoms with Gasteiger partial charge in [-0.1, -0.05) is 47.5 Å². The van der Waals surface area contributed by atoms with Crippen LogP contribution in [0.25, 0.3) is 11.6 Å². The van der Waals surface area contributed by atoms with Gasteiger partial charge >= 0.3 is 0 Å². The molecular weight excluding hydrogens is 308 g/mol. The Balaban J connectivity index is 2.36. The van der Waals surface area contributed by atoms with Crippen LogP contribution in [0.1, 0.15) is 25.0 Å². The van der Waals surface area contributed by atoms with E-state index in [0.29, 0.717) is 0 Å². The lowest BCUT2D eigenvalue weighted by Crippen LogP contribution is -1.92. The van der Waals surface area contributed by atoms with Crippen molar-refractivity contribution in [2.75, 3.05) is 14.2 Å². The number of hydrogen-bond acceptors (Lipinski definition) is 2. The Labute approximate surface area is 143 Å². The highest BCUT2D eigenvalue weighted by atomic mass is 35.5. The molecular formula is C20H21ClO2. The number of hydrogen-bond donors (Lipinski definition) is 0. The van der Waals surface area contributed by atoms with Crippen molar-refractivity contribution in [2.24, 2.45) is 0 Å². The number of rotatable bonds is 5. The quantitative estimate of drug-likeness (QED) is 0.639. The highest BCUT2D eigenvalue weighted by molar-refractivity contribution is 6.30. The average molecular weight is 329 g/mol. The van der Waals surface area contributed by atoms with E-state index in [1.54, 1.807) is 14.2 Å². The normalized spacial score (nSPS) is 10.7. The second-order valence-corrected chi connectivity index (χ2v) is 5.80. The van der Waals surface area contributed by atoms with Crippen LogP contribution in [-0.2, 0) is 0 Å². The van der Waals surface area contributed by atoms with E-state index in [9.17, 15) is 0 Å². The summed E-state index contributed by atoms with van der Waals surface area (Å²) in [6.45, 7) is 4.19. The summed E-state index contributed by atoms with van der Waals surface area (Å²) >= 11 is 5.92. The zero-order chi connectivity index (χ0) is 16.8. The standard InChI is InChI=1S/C20H21ClO2/c1-14(2)18(11-7-15-5-9-17(21)10-6-15)16-8-12-19(22-3)20(13-16)23-4/h5-13H,1-4H3. The van der Waals surface area contributed by atoms with Crippen LogP contribution in [0, 0.1) is 0 Å². The van der Waals surface area contributed by atoms with Crippen LogP contribution in [0.5, 0.6) is 11.5 Å². The predicted octanol–water partition coefficient (Wildman–Crippen LogP) is 5.86. The van der Waals surface area contributed by atoms with E-state index in [2.05, 4.69) is 26.0 Å². The zero-order valence-electron chi connectivity index (χ0n) is 13.9. The van der Waals surface area contributed by atoms with E-state index in [1.807, 2.05) is 42.5 Å². The lowest BCUT2D eigenvalue weighted by molar-refractivity contribution is 0.355. The number of allylic oxidation sites excluding steroid dienone is 3. The van der Waals surface area contributed by atoms with Gasteiger partial charge in [-0.25, -0.2) is 0 Å². The maximum Gasteiger partial charge on any atom is 0.161 e. The number of benzene rings is 2. The van der Waals surface area contributed by atoms with E-state index < -0.39 is 0 Å². The van der Waals surface area contributed by atoms with Gasteiger partial charge in [0.05, 0.1) is 14.2 Å². The Kier molecular flexibility index (Phi) is 5.89. The summed E-state index contributed by atoms with van der Waals surface area (Å²) in [4.78, 5) is 0. The average Bonchev–Trinajstić information content (AvgIpc) is 2.56. The first-order valence-electron chi connectivity index (χ1n) is 7.38. The molecule has 0 heterocycles. The molecule has 0 aliphatic carbocycles. The third-order valence-electron chi connectivity index (χ3n) is 3.55. The number of ether oxygens (including phenoxy) is 2. The van der Waals surface area contributed by atoms with Gasteiger partial charge in [-0.3, -0.25) is 0 Å². The zero-order valence-corrected chi connectivity index (χ0v) is 14.6. The third-order valence-corrected chi connectivity index (χ3v) is 3.80. The van der Waals surface area contributed by atoms with Crippen molar-refractivity contribution in [3.63, 3.8) is 0 Å². The van der Waals surface area contributed by atoms with E-state index in [1.165, 1.54) is 5.57 Å². The fraction of sp³-hybridized carbons (Fsp3) is 0.200. The molecule has 23 heavy (non-hydrogen) atoms. The molecule has 0 saturated heterocycles. The molecule has 0 spiro atoms. The molecule has 0 N–H and O–H groups in total. The molecule has 2 aromatic rings. The smallest absolute Gasteiger partial charge is 0.161 e. The molecule has 0 aromatic heterocycles. The Morgan fingerprint density at radius 1 is 0.913 bits per heavy atom. The van der Waals surface area contributed by atoms with Gasteiger partial charge in [0.25, 0.3) is 0 Å². The molecule has 0 saturated carbocycles. The highest BCUT2D eigenvalue weighted by Crippen LogP contribution is 2.32. The summed E-state index contributed by atoms with van der Waals surface area (Å²) in [6, 6.07) is 13.7. The second kappa shape index (κ2) is 7.89. The first-order valence-corrected chi connectivity index (χ1v) is 7.76. The van der Waals surface area contributed by atoms with Crippen LogP contribution < -0.4 is 9.47 Å². The molecule has 3 heteroatoms. The summed E-state index contributed by atoms with van der Waals surface area (Å²) in [5.74, 6) is 1.45. The molecule has 0 aliphatic rings. The highest BCUT2D eigenvalue weighted by Gasteiger charge is 2.07. The van der Waals surface area contributed by atoms with Crippen molar-refractivity contribution in [3.05, 3.63) is 70.3 Å². The molecule has 120 valence electrons. The van der Waals surface area contributed by atoms with Crippen LogP contribution in [0.15, 0.2) is 54.1 Å². The largest absolute Gasteiger partial charge is 0.493 e. The molecule has 0 unspecified atom stereocenters. The van der Waals surface area contributed by atoms with Crippen molar-refractivity contribution >= 4 is 23.3 Å². The summed E-state index contributed by atoms with van der Waals surface area (Å²) in [6.07, 6.45) is 4.19. The van der Waals surface area contributed by atoms with Crippen LogP contribution >= 0.6 is 11.6 Å². The minimum absolute atomic E-state index is 0.726. The van der Waals surface area contributed by atoms with Gasteiger partial charge in [0.2, 0.25) is 0 Å². The lowest BCUT2D eigenvalue weighted by Gasteiger charge is -2.11. The molecule has 2 aromatic carbocycles. The van der Waals surface area contributed by atoms with Gasteiger partial charge in [0.15, 0.2) is 11.5 Å². The van der Waals surface area contributed by atoms with E-state index in [4.69, 9.17) is 21.1 Å². The first-order chi connectivity index (χ1) is 11.0. The summed E-state index contributed by atoms with van der Waals surface area (Å²) in [7, 11) is 3.28. The summed E-state index contributed by atoms with van der Waals surface area (Å²) in [5, 5.41) is 0.740.